The second kappa shape index (κ2) is 22.6. The van der Waals surface area contributed by atoms with Crippen LogP contribution >= 0.6 is 0 Å². The Bertz CT molecular complexity index is 8.00. The first kappa shape index (κ1) is 44.5. The van der Waals surface area contributed by atoms with E-state index in [1.807, 2.05) is 0 Å². The van der Waals surface area contributed by atoms with Crippen LogP contribution in [0.15, 0.2) is 0 Å². The topological polar surface area (TPSA) is 30.0 Å². The van der Waals surface area contributed by atoms with Crippen LogP contribution in [-0.4, -0.2) is 22.8 Å². The predicted molar refractivity (Wildman–Crippen MR) is 7.69 cm³/mol. The maximum absolute atomic E-state index is 0. The SMILES string of the molecule is [Al].[Cl-].[OH-].[Zr+4]. The van der Waals surface area contributed by atoms with Crippen molar-refractivity contribution < 1.29 is 44.1 Å². The smallest absolute Gasteiger partial charge is 1.00 e. The van der Waals surface area contributed by atoms with Crippen molar-refractivity contribution in [2.24, 2.45) is 0 Å². The number of hydrogen-bond acceptors (Lipinski definition) is 1. The van der Waals surface area contributed by atoms with Crippen LogP contribution in [-0.2, 0) is 26.2 Å². The summed E-state index contributed by atoms with van der Waals surface area (Å²) in [5, 5.41) is 0. The van der Waals surface area contributed by atoms with E-state index in [4.69, 9.17) is 0 Å². The Hall–Kier alpha value is 1.67. The minimum absolute atomic E-state index is 0. The fraction of sp³-hybridized carbons (Fsp3) is 0. The normalized spacial score (nSPS) is 0. The summed E-state index contributed by atoms with van der Waals surface area (Å²) in [7, 11) is 0. The molecule has 0 heterocycles. The molecular formula is HAlClOZr+2. The molecule has 0 rings (SSSR count). The zero-order chi connectivity index (χ0) is 0. The quantitative estimate of drug-likeness (QED) is 0.346. The molecule has 0 atom stereocenters. The van der Waals surface area contributed by atoms with Gasteiger partial charge in [-0.2, -0.15) is 0 Å². The van der Waals surface area contributed by atoms with Gasteiger partial charge in [-0.3, -0.25) is 0 Å². The van der Waals surface area contributed by atoms with Crippen molar-refractivity contribution in [2.75, 3.05) is 0 Å². The molecule has 0 aliphatic heterocycles. The van der Waals surface area contributed by atoms with Crippen molar-refractivity contribution in [3.05, 3.63) is 0 Å². The summed E-state index contributed by atoms with van der Waals surface area (Å²) in [5.74, 6) is 0. The van der Waals surface area contributed by atoms with Gasteiger partial charge in [0.25, 0.3) is 0 Å². The van der Waals surface area contributed by atoms with E-state index in [1.54, 1.807) is 0 Å². The largest absolute Gasteiger partial charge is 4.00 e. The first-order valence-electron chi connectivity index (χ1n) is 0. The molecule has 0 spiro atoms. The minimum atomic E-state index is 0. The van der Waals surface area contributed by atoms with Gasteiger partial charge in [0.2, 0.25) is 0 Å². The van der Waals surface area contributed by atoms with Crippen molar-refractivity contribution in [3.63, 3.8) is 0 Å². The first-order chi connectivity index (χ1) is 0. The van der Waals surface area contributed by atoms with Gasteiger partial charge >= 0.3 is 26.2 Å². The van der Waals surface area contributed by atoms with Gasteiger partial charge in [0.15, 0.2) is 0 Å². The molecule has 0 aliphatic rings. The van der Waals surface area contributed by atoms with Crippen molar-refractivity contribution >= 4 is 17.4 Å². The van der Waals surface area contributed by atoms with Crippen LogP contribution in [0, 0.1) is 0 Å². The fourth-order valence-electron chi connectivity index (χ4n) is 0. The van der Waals surface area contributed by atoms with E-state index >= 15 is 0 Å². The number of halogens is 1. The molecular weight excluding hydrogens is 170 g/mol. The van der Waals surface area contributed by atoms with Crippen molar-refractivity contribution in [3.8, 4) is 0 Å². The molecule has 0 aromatic carbocycles. The average Bonchev–Trinajstić information content (AvgIpc) is 0. The zero-order valence-electron chi connectivity index (χ0n) is 1.90. The van der Waals surface area contributed by atoms with Crippen molar-refractivity contribution in [1.82, 2.24) is 0 Å². The van der Waals surface area contributed by atoms with Crippen LogP contribution in [0.1, 0.15) is 0 Å². The van der Waals surface area contributed by atoms with E-state index in [0.29, 0.717) is 0 Å². The molecule has 0 bridgehead atoms. The molecule has 19 valence electrons. The molecule has 3 radical (unpaired) electrons. The molecule has 4 heavy (non-hydrogen) atoms. The van der Waals surface area contributed by atoms with E-state index in [1.165, 1.54) is 0 Å². The van der Waals surface area contributed by atoms with Crippen molar-refractivity contribution in [2.45, 2.75) is 0 Å². The van der Waals surface area contributed by atoms with Gasteiger partial charge in [-0.15, -0.1) is 0 Å². The third-order valence-electron chi connectivity index (χ3n) is 0. The van der Waals surface area contributed by atoms with E-state index < -0.39 is 0 Å². The van der Waals surface area contributed by atoms with E-state index in [2.05, 4.69) is 0 Å². The van der Waals surface area contributed by atoms with Crippen LogP contribution in [0.3, 0.4) is 0 Å². The average molecular weight is 171 g/mol. The molecule has 1 N–H and O–H groups in total. The Morgan fingerprint density at radius 3 is 1.00 bits per heavy atom. The second-order valence-corrected chi connectivity index (χ2v) is 0. The standard InChI is InChI=1S/Al.ClH.H2O.Zr/h;1H;1H2;/q;;;+4/p-2. The molecule has 0 amide bonds. The van der Waals surface area contributed by atoms with Gasteiger partial charge in [0.1, 0.15) is 0 Å². The summed E-state index contributed by atoms with van der Waals surface area (Å²) in [6, 6.07) is 0. The summed E-state index contributed by atoms with van der Waals surface area (Å²) in [6.07, 6.45) is 0. The van der Waals surface area contributed by atoms with E-state index in [-0.39, 0.29) is 61.4 Å². The second-order valence-electron chi connectivity index (χ2n) is 0. The summed E-state index contributed by atoms with van der Waals surface area (Å²) >= 11 is 0. The molecule has 4 heteroatoms. The minimum Gasteiger partial charge on any atom is -1.00 e. The van der Waals surface area contributed by atoms with Crippen LogP contribution in [0.25, 0.3) is 0 Å². The molecule has 0 aromatic heterocycles. The Labute approximate surface area is 61.1 Å². The third-order valence-corrected chi connectivity index (χ3v) is 0. The Kier molecular flexibility index (Phi) is 251. The van der Waals surface area contributed by atoms with Crippen LogP contribution in [0.4, 0.5) is 0 Å². The number of hydrogen-bond donors (Lipinski definition) is 0. The number of rotatable bonds is 0. The fourth-order valence-corrected chi connectivity index (χ4v) is 0. The molecule has 0 saturated heterocycles. The Morgan fingerprint density at radius 2 is 1.00 bits per heavy atom. The van der Waals surface area contributed by atoms with Gasteiger partial charge in [-0.25, -0.2) is 0 Å². The predicted octanol–water partition coefficient (Wildman–Crippen LogP) is -3.56. The van der Waals surface area contributed by atoms with Crippen LogP contribution in [0.5, 0.6) is 0 Å². The summed E-state index contributed by atoms with van der Waals surface area (Å²) < 4.78 is 0. The van der Waals surface area contributed by atoms with E-state index in [9.17, 15) is 0 Å². The molecule has 0 saturated carbocycles. The van der Waals surface area contributed by atoms with Gasteiger partial charge < -0.3 is 17.9 Å². The van der Waals surface area contributed by atoms with Gasteiger partial charge in [0.05, 0.1) is 0 Å². The maximum Gasteiger partial charge on any atom is 4.00 e. The summed E-state index contributed by atoms with van der Waals surface area (Å²) in [5.41, 5.74) is 0. The third kappa shape index (κ3) is 9.39. The molecule has 1 nitrogen and oxygen atoms in total. The Morgan fingerprint density at radius 1 is 1.00 bits per heavy atom. The molecule has 0 aromatic rings. The first-order valence-corrected chi connectivity index (χ1v) is 0. The van der Waals surface area contributed by atoms with Gasteiger partial charge in [0, 0.05) is 17.4 Å². The zero-order valence-corrected chi connectivity index (χ0v) is 6.27. The van der Waals surface area contributed by atoms with Crippen LogP contribution < -0.4 is 12.4 Å². The molecule has 0 aliphatic carbocycles. The monoisotopic (exact) mass is 169 g/mol. The summed E-state index contributed by atoms with van der Waals surface area (Å²) in [6.45, 7) is 0. The van der Waals surface area contributed by atoms with E-state index in [0.717, 1.165) is 0 Å². The summed E-state index contributed by atoms with van der Waals surface area (Å²) in [4.78, 5) is 0. The van der Waals surface area contributed by atoms with Gasteiger partial charge in [-0.05, 0) is 0 Å². The Balaban J connectivity index is 0. The molecule has 0 unspecified atom stereocenters. The van der Waals surface area contributed by atoms with Crippen LogP contribution in [0.2, 0.25) is 0 Å². The molecule has 0 fully saturated rings. The maximum atomic E-state index is 0. The van der Waals surface area contributed by atoms with Gasteiger partial charge in [-0.1, -0.05) is 0 Å². The van der Waals surface area contributed by atoms with Crippen molar-refractivity contribution in [1.29, 1.82) is 0 Å².